The quantitative estimate of drug-likeness (QED) is 0.190. The van der Waals surface area contributed by atoms with E-state index in [9.17, 15) is 0 Å². The Morgan fingerprint density at radius 1 is 0.620 bits per heavy atom. The molecule has 0 bridgehead atoms. The molecule has 4 unspecified atom stereocenters. The topological polar surface area (TPSA) is 8.17 Å². The Labute approximate surface area is 293 Å². The third-order valence-corrected chi connectivity index (χ3v) is 12.0. The van der Waals surface area contributed by atoms with Crippen molar-refractivity contribution in [1.82, 2.24) is 4.57 Å². The molecule has 0 saturated carbocycles. The van der Waals surface area contributed by atoms with Crippen LogP contribution in [0.4, 0.5) is 5.69 Å². The Hall–Kier alpha value is -5.60. The summed E-state index contributed by atoms with van der Waals surface area (Å²) in [6.07, 6.45) is 30.9. The van der Waals surface area contributed by atoms with Gasteiger partial charge in [-0.25, -0.2) is 0 Å². The van der Waals surface area contributed by atoms with E-state index in [1.54, 1.807) is 5.57 Å². The molecule has 50 heavy (non-hydrogen) atoms. The molecule has 5 aliphatic carbocycles. The number of fused-ring (bicyclic) bond motifs is 11. The molecule has 11 rings (SSSR count). The summed E-state index contributed by atoms with van der Waals surface area (Å²) in [5.74, 6) is 1.03. The average Bonchev–Trinajstić information content (AvgIpc) is 3.70. The van der Waals surface area contributed by atoms with E-state index in [4.69, 9.17) is 0 Å². The lowest BCUT2D eigenvalue weighted by Gasteiger charge is -2.39. The first-order valence-corrected chi connectivity index (χ1v) is 18.4. The van der Waals surface area contributed by atoms with Gasteiger partial charge in [0.2, 0.25) is 0 Å². The van der Waals surface area contributed by atoms with Gasteiger partial charge in [0.05, 0.1) is 17.1 Å². The third kappa shape index (κ3) is 4.08. The van der Waals surface area contributed by atoms with Gasteiger partial charge in [-0.3, -0.25) is 0 Å². The van der Waals surface area contributed by atoms with E-state index in [-0.39, 0.29) is 6.04 Å². The van der Waals surface area contributed by atoms with Crippen LogP contribution in [0.15, 0.2) is 169 Å². The monoisotopic (exact) mass is 642 g/mol. The zero-order valence-electron chi connectivity index (χ0n) is 28.0. The smallest absolute Gasteiger partial charge is 0.0635 e. The Bertz CT molecular complexity index is 2520. The van der Waals surface area contributed by atoms with Gasteiger partial charge in [-0.05, 0) is 95.0 Å². The van der Waals surface area contributed by atoms with Crippen molar-refractivity contribution < 1.29 is 0 Å². The molecular formula is C48H38N2. The van der Waals surface area contributed by atoms with E-state index >= 15 is 0 Å². The fraction of sp³-hybridized carbons (Fsp3) is 0.167. The molecule has 4 atom stereocenters. The Balaban J connectivity index is 1.03. The van der Waals surface area contributed by atoms with E-state index in [0.29, 0.717) is 17.8 Å². The molecule has 2 heteroatoms. The highest BCUT2D eigenvalue weighted by molar-refractivity contribution is 6.11. The Kier molecular flexibility index (Phi) is 6.19. The number of para-hydroxylation sites is 2. The maximum atomic E-state index is 2.64. The Morgan fingerprint density at radius 3 is 2.38 bits per heavy atom. The molecule has 6 aliphatic rings. The standard InChI is InChI=1S/C48H38N2/c1-2-12-33(13-3-1)49-45-20-10-8-18-40(45)42-25-22-31(28-47(42)49)32-23-26-43-41-19-9-11-21-46(41)50(48(43)29-32)34-24-27-39-37-16-5-4-14-35(37)36-15-6-7-17-38(36)44(39)30-34/h1-2,4-5,7-12,14,16-30,39,43-44,48H,3,6,13,15H2. The van der Waals surface area contributed by atoms with Gasteiger partial charge in [0.25, 0.3) is 0 Å². The molecule has 0 amide bonds. The second-order valence-electron chi connectivity index (χ2n) is 14.6. The fourth-order valence-electron chi connectivity index (χ4n) is 9.83. The van der Waals surface area contributed by atoms with Gasteiger partial charge in [-0.2, -0.15) is 0 Å². The normalized spacial score (nSPS) is 24.4. The molecule has 0 fully saturated rings. The molecule has 1 aliphatic heterocycles. The number of hydrogen-bond donors (Lipinski definition) is 0. The van der Waals surface area contributed by atoms with Crippen molar-refractivity contribution in [2.24, 2.45) is 5.92 Å². The van der Waals surface area contributed by atoms with Crippen LogP contribution < -0.4 is 4.90 Å². The molecular weight excluding hydrogens is 605 g/mol. The summed E-state index contributed by atoms with van der Waals surface area (Å²) in [5, 5.41) is 2.64. The van der Waals surface area contributed by atoms with Crippen LogP contribution in [-0.2, 0) is 0 Å². The fourth-order valence-corrected chi connectivity index (χ4v) is 9.83. The summed E-state index contributed by atoms with van der Waals surface area (Å²) in [6, 6.07) is 34.4. The minimum atomic E-state index is 0.207. The highest BCUT2D eigenvalue weighted by Gasteiger charge is 2.41. The predicted molar refractivity (Wildman–Crippen MR) is 210 cm³/mol. The molecule has 240 valence electrons. The van der Waals surface area contributed by atoms with Crippen LogP contribution in [0, 0.1) is 5.92 Å². The first-order valence-electron chi connectivity index (χ1n) is 18.4. The van der Waals surface area contributed by atoms with E-state index in [2.05, 4.69) is 167 Å². The summed E-state index contributed by atoms with van der Waals surface area (Å²) >= 11 is 0. The second kappa shape index (κ2) is 11.0. The van der Waals surface area contributed by atoms with Crippen molar-refractivity contribution in [2.45, 2.75) is 43.6 Å². The molecule has 5 aromatic rings. The molecule has 1 aromatic heterocycles. The van der Waals surface area contributed by atoms with E-state index in [1.165, 1.54) is 72.3 Å². The largest absolute Gasteiger partial charge is 0.334 e. The molecule has 0 saturated heterocycles. The zero-order valence-corrected chi connectivity index (χ0v) is 28.0. The van der Waals surface area contributed by atoms with Crippen LogP contribution in [0.3, 0.4) is 0 Å². The first-order chi connectivity index (χ1) is 24.8. The Morgan fingerprint density at radius 2 is 1.44 bits per heavy atom. The number of nitrogens with zero attached hydrogens (tertiary/aromatic N) is 2. The van der Waals surface area contributed by atoms with E-state index in [1.807, 2.05) is 0 Å². The van der Waals surface area contributed by atoms with Gasteiger partial charge in [0, 0.05) is 45.6 Å². The summed E-state index contributed by atoms with van der Waals surface area (Å²) in [6.45, 7) is 0. The minimum Gasteiger partial charge on any atom is -0.334 e. The summed E-state index contributed by atoms with van der Waals surface area (Å²) in [7, 11) is 0. The van der Waals surface area contributed by atoms with Crippen molar-refractivity contribution in [1.29, 1.82) is 0 Å². The molecule has 0 radical (unpaired) electrons. The van der Waals surface area contributed by atoms with Crippen molar-refractivity contribution in [3.8, 4) is 0 Å². The minimum absolute atomic E-state index is 0.207. The lowest BCUT2D eigenvalue weighted by Crippen LogP contribution is -2.34. The average molecular weight is 643 g/mol. The predicted octanol–water partition coefficient (Wildman–Crippen LogP) is 11.9. The molecule has 2 nitrogen and oxygen atoms in total. The zero-order chi connectivity index (χ0) is 32.8. The van der Waals surface area contributed by atoms with Crippen LogP contribution in [0.25, 0.3) is 38.6 Å². The van der Waals surface area contributed by atoms with Gasteiger partial charge in [-0.1, -0.05) is 127 Å². The number of aromatic nitrogens is 1. The summed E-state index contributed by atoms with van der Waals surface area (Å²) in [4.78, 5) is 2.64. The highest BCUT2D eigenvalue weighted by Crippen LogP contribution is 2.53. The van der Waals surface area contributed by atoms with Crippen LogP contribution in [0.1, 0.15) is 59.8 Å². The second-order valence-corrected chi connectivity index (χ2v) is 14.6. The van der Waals surface area contributed by atoms with Crippen molar-refractivity contribution in [3.05, 3.63) is 191 Å². The molecule has 4 aromatic carbocycles. The van der Waals surface area contributed by atoms with Crippen molar-refractivity contribution in [2.75, 3.05) is 4.90 Å². The van der Waals surface area contributed by atoms with Gasteiger partial charge < -0.3 is 9.47 Å². The molecule has 0 N–H and O–H groups in total. The maximum Gasteiger partial charge on any atom is 0.0635 e. The van der Waals surface area contributed by atoms with Crippen LogP contribution in [-0.4, -0.2) is 10.6 Å². The lowest BCUT2D eigenvalue weighted by molar-refractivity contribution is 0.639. The van der Waals surface area contributed by atoms with Crippen molar-refractivity contribution >= 4 is 44.3 Å². The third-order valence-electron chi connectivity index (χ3n) is 12.0. The lowest BCUT2D eigenvalue weighted by atomic mass is 9.67. The number of hydrogen-bond acceptors (Lipinski definition) is 1. The summed E-state index contributed by atoms with van der Waals surface area (Å²) in [5.41, 5.74) is 16.6. The van der Waals surface area contributed by atoms with Gasteiger partial charge in [0.1, 0.15) is 0 Å². The number of anilines is 1. The van der Waals surface area contributed by atoms with E-state index in [0.717, 1.165) is 25.7 Å². The first kappa shape index (κ1) is 28.3. The molecule has 2 heterocycles. The van der Waals surface area contributed by atoms with Crippen molar-refractivity contribution in [3.63, 3.8) is 0 Å². The van der Waals surface area contributed by atoms with Crippen LogP contribution >= 0.6 is 0 Å². The summed E-state index contributed by atoms with van der Waals surface area (Å²) < 4.78 is 2.50. The maximum absolute atomic E-state index is 2.64. The van der Waals surface area contributed by atoms with Gasteiger partial charge in [0.15, 0.2) is 0 Å². The molecule has 0 spiro atoms. The van der Waals surface area contributed by atoms with Gasteiger partial charge >= 0.3 is 0 Å². The van der Waals surface area contributed by atoms with Crippen LogP contribution in [0.5, 0.6) is 0 Å². The van der Waals surface area contributed by atoms with Gasteiger partial charge in [-0.15, -0.1) is 0 Å². The van der Waals surface area contributed by atoms with E-state index < -0.39 is 0 Å². The van der Waals surface area contributed by atoms with Crippen LogP contribution in [0.2, 0.25) is 0 Å². The number of allylic oxidation sites excluding steroid dienone is 13. The number of benzene rings is 4. The number of rotatable bonds is 3. The SMILES string of the molecule is C1=CCCC(n2c3ccccc3c3ccc(C4=CC5C(C=C4)c4ccccc4N5C4=CC5C6=C(CCC=C6)c6ccccc6C5C=C4)cc32)=C1. The highest BCUT2D eigenvalue weighted by atomic mass is 15.2.